The number of thioether (sulfide) groups is 1. The van der Waals surface area contributed by atoms with Gasteiger partial charge in [0.15, 0.2) is 10.5 Å². The molecule has 12 heteroatoms. The van der Waals surface area contributed by atoms with Gasteiger partial charge in [-0.3, -0.25) is 13.9 Å². The molecule has 100 valence electrons. The fraction of sp³-hybridized carbons (Fsp3) is 0.833. The van der Waals surface area contributed by atoms with Gasteiger partial charge in [-0.2, -0.15) is 0 Å². The van der Waals surface area contributed by atoms with E-state index >= 15 is 0 Å². The third-order valence-corrected chi connectivity index (χ3v) is 7.43. The molecule has 4 N–H and O–H groups in total. The first kappa shape index (κ1) is 25.3. The van der Waals surface area contributed by atoms with Crippen molar-refractivity contribution in [3.05, 3.63) is 0 Å². The van der Waals surface area contributed by atoms with Gasteiger partial charge in [0.25, 0.3) is 0 Å². The van der Waals surface area contributed by atoms with Gasteiger partial charge in [-0.05, 0) is 13.8 Å². The Morgan fingerprint density at radius 1 is 1.06 bits per heavy atom. The fourth-order valence-electron chi connectivity index (χ4n) is 1.43. The third-order valence-electron chi connectivity index (χ3n) is 1.67. The molecular formula is C6H16Na2O7P2S. The van der Waals surface area contributed by atoms with E-state index in [1.165, 1.54) is 13.8 Å². The summed E-state index contributed by atoms with van der Waals surface area (Å²) in [5, 5.41) is -2.67. The summed E-state index contributed by atoms with van der Waals surface area (Å²) in [6, 6.07) is 0. The van der Waals surface area contributed by atoms with E-state index in [0.717, 1.165) is 6.92 Å². The van der Waals surface area contributed by atoms with Crippen molar-refractivity contribution >= 4 is 91.2 Å². The molecule has 7 nitrogen and oxygen atoms in total. The topological polar surface area (TPSA) is 132 Å². The second-order valence-electron chi connectivity index (χ2n) is 3.75. The normalized spacial score (nSPS) is 12.7. The summed E-state index contributed by atoms with van der Waals surface area (Å²) < 4.78 is 20.6. The van der Waals surface area contributed by atoms with E-state index in [2.05, 4.69) is 0 Å². The molecule has 0 rings (SSSR count). The molecule has 0 aromatic heterocycles. The van der Waals surface area contributed by atoms with Crippen LogP contribution in [0.25, 0.3) is 0 Å². The molecule has 0 unspecified atom stereocenters. The molecule has 0 aliphatic carbocycles. The van der Waals surface area contributed by atoms with Crippen molar-refractivity contribution in [2.24, 2.45) is 0 Å². The average molecular weight is 340 g/mol. The Morgan fingerprint density at radius 3 is 1.50 bits per heavy atom. The van der Waals surface area contributed by atoms with Crippen molar-refractivity contribution in [1.82, 2.24) is 0 Å². The predicted molar refractivity (Wildman–Crippen MR) is 74.5 cm³/mol. The molecule has 0 radical (unpaired) electrons. The maximum atomic E-state index is 11.1. The molecule has 0 aromatic rings. The van der Waals surface area contributed by atoms with Gasteiger partial charge in [-0.15, -0.1) is 0 Å². The Labute approximate surface area is 154 Å². The zero-order valence-electron chi connectivity index (χ0n) is 8.89. The monoisotopic (exact) mass is 340 g/mol. The van der Waals surface area contributed by atoms with Crippen molar-refractivity contribution in [3.8, 4) is 0 Å². The van der Waals surface area contributed by atoms with Crippen LogP contribution in [0.3, 0.4) is 0 Å². The fourth-order valence-corrected chi connectivity index (χ4v) is 6.60. The van der Waals surface area contributed by atoms with Crippen LogP contribution in [-0.4, -0.2) is 94.0 Å². The Morgan fingerprint density at radius 2 is 1.33 bits per heavy atom. The molecule has 0 heterocycles. The van der Waals surface area contributed by atoms with Crippen LogP contribution in [0, 0.1) is 0 Å². The Kier molecular flexibility index (Phi) is 12.2. The number of carbonyl (C=O) groups excluding carboxylic acids is 1. The summed E-state index contributed by atoms with van der Waals surface area (Å²) in [4.78, 5) is 46.7. The van der Waals surface area contributed by atoms with E-state index in [0.29, 0.717) is 11.8 Å². The van der Waals surface area contributed by atoms with E-state index < -0.39 is 30.5 Å². The maximum absolute atomic E-state index is 11.1. The number of hydrogen-bond donors (Lipinski definition) is 4. The summed E-state index contributed by atoms with van der Waals surface area (Å²) >= 11 is 0.495. The van der Waals surface area contributed by atoms with Gasteiger partial charge in [-0.1, -0.05) is 11.8 Å². The summed E-state index contributed by atoms with van der Waals surface area (Å²) in [6.45, 7) is 3.58. The predicted octanol–water partition coefficient (Wildman–Crippen LogP) is -0.571. The van der Waals surface area contributed by atoms with Crippen LogP contribution < -0.4 is 0 Å². The molecule has 0 bridgehead atoms. The Bertz CT molecular complexity index is 354. The quantitative estimate of drug-likeness (QED) is 0.395. The molecule has 0 fully saturated rings. The van der Waals surface area contributed by atoms with Crippen LogP contribution in [0.15, 0.2) is 0 Å². The first-order valence-corrected chi connectivity index (χ1v) is 8.26. The first-order chi connectivity index (χ1) is 6.78. The van der Waals surface area contributed by atoms with Crippen molar-refractivity contribution in [2.45, 2.75) is 30.9 Å². The van der Waals surface area contributed by atoms with Gasteiger partial charge in [0, 0.05) is 11.7 Å². The molecule has 0 saturated heterocycles. The Balaban J connectivity index is -0.00000112. The van der Waals surface area contributed by atoms with Crippen LogP contribution in [0.4, 0.5) is 0 Å². The summed E-state index contributed by atoms with van der Waals surface area (Å²) in [7, 11) is -10.0. The van der Waals surface area contributed by atoms with E-state index in [4.69, 9.17) is 19.6 Å². The van der Waals surface area contributed by atoms with Gasteiger partial charge >= 0.3 is 74.3 Å². The van der Waals surface area contributed by atoms with E-state index in [-0.39, 0.29) is 59.1 Å². The van der Waals surface area contributed by atoms with Crippen LogP contribution in [0.5, 0.6) is 0 Å². The first-order valence-electron chi connectivity index (χ1n) is 4.08. The molecule has 0 spiro atoms. The van der Waals surface area contributed by atoms with E-state index in [1.54, 1.807) is 0 Å². The van der Waals surface area contributed by atoms with Crippen LogP contribution in [0.1, 0.15) is 20.8 Å². The summed E-state index contributed by atoms with van der Waals surface area (Å²) in [5.41, 5.74) is 0. The van der Waals surface area contributed by atoms with Crippen molar-refractivity contribution < 1.29 is 33.5 Å². The molecule has 0 aromatic carbocycles. The minimum atomic E-state index is -5.01. The van der Waals surface area contributed by atoms with Gasteiger partial charge in [0.05, 0.1) is 0 Å². The van der Waals surface area contributed by atoms with Crippen molar-refractivity contribution in [2.75, 3.05) is 0 Å². The molecule has 18 heavy (non-hydrogen) atoms. The minimum absolute atomic E-state index is 0. The van der Waals surface area contributed by atoms with E-state index in [9.17, 15) is 13.9 Å². The SMILES string of the molecule is CC(=O)SC(C)(C)C(P(=O)(O)O)P(=O)(O)O.[NaH].[NaH]. The zero-order chi connectivity index (χ0) is 13.4. The second kappa shape index (κ2) is 8.69. The molecule has 0 amide bonds. The summed E-state index contributed by atoms with van der Waals surface area (Å²) in [5.74, 6) is 0. The van der Waals surface area contributed by atoms with Crippen molar-refractivity contribution in [3.63, 3.8) is 0 Å². The average Bonchev–Trinajstić information content (AvgIpc) is 1.70. The van der Waals surface area contributed by atoms with Gasteiger partial charge in [0.1, 0.15) is 0 Å². The van der Waals surface area contributed by atoms with Crippen LogP contribution in [-0.2, 0) is 13.9 Å². The molecule has 0 aliphatic heterocycles. The molecular weight excluding hydrogens is 324 g/mol. The summed E-state index contributed by atoms with van der Waals surface area (Å²) in [6.07, 6.45) is 0. The number of rotatable bonds is 4. The van der Waals surface area contributed by atoms with Crippen molar-refractivity contribution in [1.29, 1.82) is 0 Å². The third kappa shape index (κ3) is 8.57. The zero-order valence-corrected chi connectivity index (χ0v) is 11.5. The van der Waals surface area contributed by atoms with Gasteiger partial charge in [0.2, 0.25) is 0 Å². The molecule has 0 saturated carbocycles. The van der Waals surface area contributed by atoms with Gasteiger partial charge < -0.3 is 19.6 Å². The number of carbonyl (C=O) groups is 1. The van der Waals surface area contributed by atoms with Gasteiger partial charge in [-0.25, -0.2) is 0 Å². The van der Waals surface area contributed by atoms with Crippen LogP contribution >= 0.6 is 27.0 Å². The second-order valence-corrected chi connectivity index (χ2v) is 9.38. The van der Waals surface area contributed by atoms with E-state index in [1.807, 2.05) is 0 Å². The standard InChI is InChI=1S/C6H14O7P2S.2Na.2H/c1-4(7)16-6(2,3)5(14(8,9)10)15(11,12)13;;;;/h5H,1-3H3,(H2,8,9,10)(H2,11,12,13);;;;. The number of hydrogen-bond acceptors (Lipinski definition) is 4. The Hall–Kier alpha value is 2.32. The molecule has 0 atom stereocenters. The van der Waals surface area contributed by atoms with Crippen LogP contribution in [0.2, 0.25) is 0 Å². The molecule has 0 aliphatic rings.